The molecule has 19 heavy (non-hydrogen) atoms. The number of carbonyl (C=O) groups excluding carboxylic acids is 3. The topological polar surface area (TPSA) is 83.7 Å². The molecule has 3 amide bonds. The maximum Gasteiger partial charge on any atom is 0.312 e. The van der Waals surface area contributed by atoms with Crippen molar-refractivity contribution in [2.75, 3.05) is 19.6 Å². The molecule has 0 aliphatic carbocycles. The number of rotatable bonds is 4. The van der Waals surface area contributed by atoms with Crippen LogP contribution < -0.4 is 5.73 Å². The third kappa shape index (κ3) is 3.09. The third-order valence-electron chi connectivity index (χ3n) is 2.96. The van der Waals surface area contributed by atoms with Gasteiger partial charge in [-0.25, -0.2) is 0 Å². The van der Waals surface area contributed by atoms with Gasteiger partial charge in [0.2, 0.25) is 5.91 Å². The first kappa shape index (κ1) is 13.1. The van der Waals surface area contributed by atoms with Crippen molar-refractivity contribution in [3.8, 4) is 0 Å². The number of primary amides is 1. The van der Waals surface area contributed by atoms with Gasteiger partial charge in [0, 0.05) is 19.6 Å². The Morgan fingerprint density at radius 2 is 1.63 bits per heavy atom. The predicted octanol–water partition coefficient (Wildman–Crippen LogP) is -0.657. The molecular formula is C13H15N3O3. The highest BCUT2D eigenvalue weighted by Gasteiger charge is 2.32. The molecule has 2 rings (SSSR count). The van der Waals surface area contributed by atoms with Crippen molar-refractivity contribution in [1.29, 1.82) is 0 Å². The van der Waals surface area contributed by atoms with Gasteiger partial charge < -0.3 is 15.5 Å². The molecule has 1 fully saturated rings. The maximum absolute atomic E-state index is 11.9. The molecular weight excluding hydrogens is 246 g/mol. The molecule has 100 valence electrons. The predicted molar refractivity (Wildman–Crippen MR) is 67.6 cm³/mol. The Kier molecular flexibility index (Phi) is 3.79. The molecule has 1 saturated heterocycles. The second-order valence-corrected chi connectivity index (χ2v) is 4.41. The zero-order valence-corrected chi connectivity index (χ0v) is 10.4. The molecule has 2 N–H and O–H groups in total. The van der Waals surface area contributed by atoms with Crippen LogP contribution in [0.25, 0.3) is 0 Å². The lowest BCUT2D eigenvalue weighted by molar-refractivity contribution is -0.157. The lowest BCUT2D eigenvalue weighted by Crippen LogP contribution is -2.55. The van der Waals surface area contributed by atoms with Gasteiger partial charge in [-0.3, -0.25) is 14.4 Å². The lowest BCUT2D eigenvalue weighted by Gasteiger charge is -2.33. The highest BCUT2D eigenvalue weighted by Crippen LogP contribution is 2.10. The number of hydrogen-bond donors (Lipinski definition) is 1. The molecule has 0 unspecified atom stereocenters. The van der Waals surface area contributed by atoms with Crippen LogP contribution in [-0.4, -0.2) is 47.2 Å². The van der Waals surface area contributed by atoms with Crippen LogP contribution >= 0.6 is 0 Å². The third-order valence-corrected chi connectivity index (χ3v) is 2.96. The molecule has 1 heterocycles. The second-order valence-electron chi connectivity index (χ2n) is 4.41. The van der Waals surface area contributed by atoms with E-state index in [1.165, 1.54) is 9.80 Å². The van der Waals surface area contributed by atoms with Crippen molar-refractivity contribution in [3.63, 3.8) is 0 Å². The summed E-state index contributed by atoms with van der Waals surface area (Å²) in [6.45, 7) is 0.937. The summed E-state index contributed by atoms with van der Waals surface area (Å²) in [6.07, 6.45) is 0. The number of amides is 3. The first-order valence-corrected chi connectivity index (χ1v) is 5.98. The van der Waals surface area contributed by atoms with E-state index in [0.29, 0.717) is 19.6 Å². The molecule has 1 aromatic rings. The van der Waals surface area contributed by atoms with Gasteiger partial charge in [-0.15, -0.1) is 0 Å². The minimum absolute atomic E-state index is 0.205. The van der Waals surface area contributed by atoms with E-state index < -0.39 is 17.7 Å². The Balaban J connectivity index is 2.01. The Morgan fingerprint density at radius 3 is 2.26 bits per heavy atom. The van der Waals surface area contributed by atoms with Crippen LogP contribution in [0.3, 0.4) is 0 Å². The van der Waals surface area contributed by atoms with Crippen LogP contribution in [0.5, 0.6) is 0 Å². The van der Waals surface area contributed by atoms with E-state index in [2.05, 4.69) is 0 Å². The minimum atomic E-state index is -0.666. The maximum atomic E-state index is 11.9. The van der Waals surface area contributed by atoms with Gasteiger partial charge in [-0.2, -0.15) is 0 Å². The molecule has 0 radical (unpaired) electrons. The van der Waals surface area contributed by atoms with Gasteiger partial charge in [0.15, 0.2) is 0 Å². The minimum Gasteiger partial charge on any atom is -0.368 e. The Labute approximate surface area is 110 Å². The van der Waals surface area contributed by atoms with E-state index in [-0.39, 0.29) is 6.54 Å². The Morgan fingerprint density at radius 1 is 1.05 bits per heavy atom. The molecule has 0 aromatic heterocycles. The van der Waals surface area contributed by atoms with Crippen molar-refractivity contribution in [2.45, 2.75) is 6.54 Å². The Bertz CT molecular complexity index is 501. The Hall–Kier alpha value is -2.37. The fourth-order valence-electron chi connectivity index (χ4n) is 2.01. The van der Waals surface area contributed by atoms with Gasteiger partial charge in [0.1, 0.15) is 0 Å². The summed E-state index contributed by atoms with van der Waals surface area (Å²) in [4.78, 5) is 37.2. The number of nitrogens with zero attached hydrogens (tertiary/aromatic N) is 2. The first-order valence-electron chi connectivity index (χ1n) is 5.98. The number of hydrogen-bond acceptors (Lipinski definition) is 3. The van der Waals surface area contributed by atoms with Crippen molar-refractivity contribution in [1.82, 2.24) is 9.80 Å². The van der Waals surface area contributed by atoms with Crippen molar-refractivity contribution in [3.05, 3.63) is 35.9 Å². The van der Waals surface area contributed by atoms with Crippen LogP contribution in [0.1, 0.15) is 5.56 Å². The number of carbonyl (C=O) groups is 3. The van der Waals surface area contributed by atoms with Crippen LogP contribution in [0, 0.1) is 0 Å². The van der Waals surface area contributed by atoms with Crippen LogP contribution in [0.15, 0.2) is 30.3 Å². The SMILES string of the molecule is NC(=O)CN1CCN(Cc2ccccc2)C(=O)C1=O. The monoisotopic (exact) mass is 261 g/mol. The van der Waals surface area contributed by atoms with E-state index in [0.717, 1.165) is 5.56 Å². The molecule has 0 bridgehead atoms. The molecule has 1 aliphatic rings. The second kappa shape index (κ2) is 5.51. The van der Waals surface area contributed by atoms with E-state index in [1.807, 2.05) is 30.3 Å². The average molecular weight is 261 g/mol. The number of piperazine rings is 1. The summed E-state index contributed by atoms with van der Waals surface area (Å²) in [7, 11) is 0. The van der Waals surface area contributed by atoms with Crippen molar-refractivity contribution >= 4 is 17.7 Å². The summed E-state index contributed by atoms with van der Waals surface area (Å²) < 4.78 is 0. The summed E-state index contributed by atoms with van der Waals surface area (Å²) in [5.41, 5.74) is 6.00. The smallest absolute Gasteiger partial charge is 0.312 e. The fourth-order valence-corrected chi connectivity index (χ4v) is 2.01. The molecule has 0 saturated carbocycles. The standard InChI is InChI=1S/C13H15N3O3/c14-11(17)9-16-7-6-15(12(18)13(16)19)8-10-4-2-1-3-5-10/h1-5H,6-9H2,(H2,14,17). The van der Waals surface area contributed by atoms with E-state index in [9.17, 15) is 14.4 Å². The fraction of sp³-hybridized carbons (Fsp3) is 0.308. The molecule has 0 spiro atoms. The number of nitrogens with two attached hydrogens (primary N) is 1. The molecule has 0 atom stereocenters. The quantitative estimate of drug-likeness (QED) is 0.730. The van der Waals surface area contributed by atoms with Gasteiger partial charge in [-0.05, 0) is 5.56 Å². The van der Waals surface area contributed by atoms with E-state index in [4.69, 9.17) is 5.73 Å². The molecule has 6 nitrogen and oxygen atoms in total. The number of benzene rings is 1. The van der Waals surface area contributed by atoms with Crippen molar-refractivity contribution in [2.24, 2.45) is 5.73 Å². The van der Waals surface area contributed by atoms with Gasteiger partial charge in [0.05, 0.1) is 6.54 Å². The van der Waals surface area contributed by atoms with Crippen molar-refractivity contribution < 1.29 is 14.4 Å². The molecule has 1 aliphatic heterocycles. The summed E-state index contributed by atoms with van der Waals surface area (Å²) >= 11 is 0. The highest BCUT2D eigenvalue weighted by molar-refractivity contribution is 6.35. The molecule has 1 aromatic carbocycles. The highest BCUT2D eigenvalue weighted by atomic mass is 16.2. The zero-order chi connectivity index (χ0) is 13.8. The lowest BCUT2D eigenvalue weighted by atomic mass is 10.2. The van der Waals surface area contributed by atoms with E-state index in [1.54, 1.807) is 0 Å². The van der Waals surface area contributed by atoms with Gasteiger partial charge in [0.25, 0.3) is 0 Å². The van der Waals surface area contributed by atoms with Crippen LogP contribution in [-0.2, 0) is 20.9 Å². The van der Waals surface area contributed by atoms with Crippen LogP contribution in [0.4, 0.5) is 0 Å². The normalized spacial score (nSPS) is 15.8. The first-order chi connectivity index (χ1) is 9.08. The largest absolute Gasteiger partial charge is 0.368 e. The van der Waals surface area contributed by atoms with Gasteiger partial charge in [-0.1, -0.05) is 30.3 Å². The van der Waals surface area contributed by atoms with Gasteiger partial charge >= 0.3 is 11.8 Å². The average Bonchev–Trinajstić information content (AvgIpc) is 2.39. The summed E-state index contributed by atoms with van der Waals surface area (Å²) in [5.74, 6) is -1.87. The van der Waals surface area contributed by atoms with E-state index >= 15 is 0 Å². The van der Waals surface area contributed by atoms with Crippen LogP contribution in [0.2, 0.25) is 0 Å². The summed E-state index contributed by atoms with van der Waals surface area (Å²) in [6, 6.07) is 9.44. The molecule has 6 heteroatoms. The summed E-state index contributed by atoms with van der Waals surface area (Å²) in [5, 5.41) is 0. The zero-order valence-electron chi connectivity index (χ0n) is 10.4.